The van der Waals surface area contributed by atoms with Gasteiger partial charge in [-0.3, -0.25) is 10.2 Å². The number of hydrogen-bond donors (Lipinski definition) is 3. The van der Waals surface area contributed by atoms with E-state index in [0.29, 0.717) is 12.1 Å². The number of amides is 3. The molecule has 6 heteroatoms. The van der Waals surface area contributed by atoms with Crippen LogP contribution < -0.4 is 16.2 Å². The summed E-state index contributed by atoms with van der Waals surface area (Å²) in [4.78, 5) is 24.6. The first kappa shape index (κ1) is 17.9. The van der Waals surface area contributed by atoms with Crippen LogP contribution in [-0.2, 0) is 0 Å². The molecule has 5 nitrogen and oxygen atoms in total. The smallest absolute Gasteiger partial charge is 0.333 e. The van der Waals surface area contributed by atoms with Crippen LogP contribution in [0.5, 0.6) is 0 Å². The number of rotatable bonds is 5. The van der Waals surface area contributed by atoms with Gasteiger partial charge < -0.3 is 5.32 Å². The van der Waals surface area contributed by atoms with Crippen LogP contribution in [0.4, 0.5) is 4.79 Å². The number of thioether (sulfide) groups is 1. The molecule has 0 radical (unpaired) electrons. The number of hydrazine groups is 1. The topological polar surface area (TPSA) is 70.2 Å². The van der Waals surface area contributed by atoms with Gasteiger partial charge in [0.15, 0.2) is 0 Å². The van der Waals surface area contributed by atoms with Crippen molar-refractivity contribution >= 4 is 23.7 Å². The van der Waals surface area contributed by atoms with Gasteiger partial charge in [-0.15, -0.1) is 11.8 Å². The number of benzene rings is 2. The zero-order chi connectivity index (χ0) is 17.4. The van der Waals surface area contributed by atoms with Crippen LogP contribution in [0.15, 0.2) is 53.4 Å². The fraction of sp³-hybridized carbons (Fsp3) is 0.222. The van der Waals surface area contributed by atoms with Gasteiger partial charge in [0.05, 0.1) is 0 Å². The van der Waals surface area contributed by atoms with Gasteiger partial charge in [-0.25, -0.2) is 10.2 Å². The minimum atomic E-state index is -0.431. The Balaban J connectivity index is 1.64. The number of nitrogens with one attached hydrogen (secondary N) is 3. The van der Waals surface area contributed by atoms with E-state index in [9.17, 15) is 9.59 Å². The van der Waals surface area contributed by atoms with Gasteiger partial charge >= 0.3 is 6.03 Å². The Morgan fingerprint density at radius 2 is 1.71 bits per heavy atom. The number of carbonyl (C=O) groups is 2. The van der Waals surface area contributed by atoms with Gasteiger partial charge in [-0.05, 0) is 49.2 Å². The van der Waals surface area contributed by atoms with E-state index in [4.69, 9.17) is 0 Å². The van der Waals surface area contributed by atoms with Crippen LogP contribution in [0.25, 0.3) is 0 Å². The summed E-state index contributed by atoms with van der Waals surface area (Å²) < 4.78 is 0. The van der Waals surface area contributed by atoms with Crippen molar-refractivity contribution in [3.05, 3.63) is 65.2 Å². The van der Waals surface area contributed by atoms with Crippen molar-refractivity contribution in [2.45, 2.75) is 18.7 Å². The normalized spacial score (nSPS) is 10.1. The van der Waals surface area contributed by atoms with Crippen molar-refractivity contribution in [3.63, 3.8) is 0 Å². The largest absolute Gasteiger partial charge is 0.336 e. The van der Waals surface area contributed by atoms with Gasteiger partial charge in [0.1, 0.15) is 0 Å². The fourth-order valence-corrected chi connectivity index (χ4v) is 2.82. The Labute approximate surface area is 146 Å². The Morgan fingerprint density at radius 1 is 0.958 bits per heavy atom. The predicted molar refractivity (Wildman–Crippen MR) is 97.1 cm³/mol. The van der Waals surface area contributed by atoms with Crippen LogP contribution in [-0.4, -0.2) is 24.2 Å². The summed E-state index contributed by atoms with van der Waals surface area (Å²) in [5.74, 6) is 0.401. The summed E-state index contributed by atoms with van der Waals surface area (Å²) in [7, 11) is 0. The first-order valence-corrected chi connectivity index (χ1v) is 8.64. The molecule has 2 rings (SSSR count). The molecule has 3 N–H and O–H groups in total. The summed E-state index contributed by atoms with van der Waals surface area (Å²) in [6, 6.07) is 14.6. The standard InChI is InChI=1S/C18H21N3O2S/c1-13-8-9-16(12-14(13)2)24-11-10-19-18(23)21-20-17(22)15-6-4-3-5-7-15/h3-9,12H,10-11H2,1-2H3,(H,20,22)(H2,19,21,23). The maximum Gasteiger partial charge on any atom is 0.333 e. The van der Waals surface area contributed by atoms with E-state index in [1.54, 1.807) is 36.0 Å². The molecule has 0 spiro atoms. The average molecular weight is 343 g/mol. The maximum absolute atomic E-state index is 11.8. The van der Waals surface area contributed by atoms with Gasteiger partial charge in [-0.1, -0.05) is 24.3 Å². The summed E-state index contributed by atoms with van der Waals surface area (Å²) in [5, 5.41) is 2.70. The third kappa shape index (κ3) is 5.62. The van der Waals surface area contributed by atoms with Crippen LogP contribution in [0.2, 0.25) is 0 Å². The van der Waals surface area contributed by atoms with Crippen LogP contribution >= 0.6 is 11.8 Å². The second-order valence-electron chi connectivity index (χ2n) is 5.30. The summed E-state index contributed by atoms with van der Waals surface area (Å²) in [6.45, 7) is 4.67. The predicted octanol–water partition coefficient (Wildman–Crippen LogP) is 3.04. The van der Waals surface area contributed by atoms with Crippen molar-refractivity contribution < 1.29 is 9.59 Å². The highest BCUT2D eigenvalue weighted by Gasteiger charge is 2.06. The zero-order valence-electron chi connectivity index (χ0n) is 13.8. The van der Waals surface area contributed by atoms with E-state index >= 15 is 0 Å². The highest BCUT2D eigenvalue weighted by molar-refractivity contribution is 7.99. The Hall–Kier alpha value is -2.47. The monoisotopic (exact) mass is 343 g/mol. The Morgan fingerprint density at radius 3 is 2.42 bits per heavy atom. The van der Waals surface area contributed by atoms with Gasteiger partial charge in [0.2, 0.25) is 0 Å². The first-order chi connectivity index (χ1) is 11.6. The van der Waals surface area contributed by atoms with Crippen LogP contribution in [0.3, 0.4) is 0 Å². The van der Waals surface area contributed by atoms with E-state index < -0.39 is 6.03 Å². The molecule has 2 aromatic carbocycles. The van der Waals surface area contributed by atoms with E-state index in [1.807, 2.05) is 6.07 Å². The van der Waals surface area contributed by atoms with Crippen molar-refractivity contribution in [1.82, 2.24) is 16.2 Å². The van der Waals surface area contributed by atoms with Crippen molar-refractivity contribution in [3.8, 4) is 0 Å². The SMILES string of the molecule is Cc1ccc(SCCNC(=O)NNC(=O)c2ccccc2)cc1C. The molecule has 24 heavy (non-hydrogen) atoms. The molecule has 0 aliphatic heterocycles. The summed E-state index contributed by atoms with van der Waals surface area (Å²) in [6.07, 6.45) is 0. The van der Waals surface area contributed by atoms with E-state index in [-0.39, 0.29) is 5.91 Å². The van der Waals surface area contributed by atoms with Gasteiger partial charge in [-0.2, -0.15) is 0 Å². The van der Waals surface area contributed by atoms with Crippen LogP contribution in [0.1, 0.15) is 21.5 Å². The van der Waals surface area contributed by atoms with Gasteiger partial charge in [0.25, 0.3) is 5.91 Å². The van der Waals surface area contributed by atoms with Crippen molar-refractivity contribution in [1.29, 1.82) is 0 Å². The van der Waals surface area contributed by atoms with E-state index in [2.05, 4.69) is 48.2 Å². The average Bonchev–Trinajstić information content (AvgIpc) is 2.60. The highest BCUT2D eigenvalue weighted by Crippen LogP contribution is 2.20. The molecule has 0 heterocycles. The molecule has 126 valence electrons. The number of carbonyl (C=O) groups excluding carboxylic acids is 2. The summed E-state index contributed by atoms with van der Waals surface area (Å²) >= 11 is 1.68. The molecule has 0 fully saturated rings. The molecule has 0 saturated carbocycles. The van der Waals surface area contributed by atoms with Crippen molar-refractivity contribution in [2.75, 3.05) is 12.3 Å². The second kappa shape index (κ2) is 8.98. The number of aryl methyl sites for hydroxylation is 2. The number of urea groups is 1. The molecule has 2 aromatic rings. The van der Waals surface area contributed by atoms with Gasteiger partial charge in [0, 0.05) is 22.8 Å². The minimum absolute atomic E-state index is 0.352. The molecular weight excluding hydrogens is 322 g/mol. The molecule has 0 aliphatic rings. The third-order valence-electron chi connectivity index (χ3n) is 3.46. The lowest BCUT2D eigenvalue weighted by molar-refractivity contribution is 0.0936. The molecule has 0 aromatic heterocycles. The quantitative estimate of drug-likeness (QED) is 0.444. The van der Waals surface area contributed by atoms with E-state index in [1.165, 1.54) is 16.0 Å². The third-order valence-corrected chi connectivity index (χ3v) is 4.46. The fourth-order valence-electron chi connectivity index (χ4n) is 1.96. The second-order valence-corrected chi connectivity index (χ2v) is 6.46. The first-order valence-electron chi connectivity index (χ1n) is 7.65. The molecular formula is C18H21N3O2S. The summed E-state index contributed by atoms with van der Waals surface area (Å²) in [5.41, 5.74) is 7.72. The molecule has 0 bridgehead atoms. The molecule has 0 unspecified atom stereocenters. The highest BCUT2D eigenvalue weighted by atomic mass is 32.2. The molecule has 0 saturated heterocycles. The lowest BCUT2D eigenvalue weighted by Gasteiger charge is -2.09. The Kier molecular flexibility index (Phi) is 6.69. The lowest BCUT2D eigenvalue weighted by Crippen LogP contribution is -2.47. The maximum atomic E-state index is 11.8. The Bertz CT molecular complexity index is 705. The van der Waals surface area contributed by atoms with Crippen LogP contribution in [0, 0.1) is 13.8 Å². The van der Waals surface area contributed by atoms with E-state index in [0.717, 1.165) is 5.75 Å². The van der Waals surface area contributed by atoms with Crippen molar-refractivity contribution in [2.24, 2.45) is 0 Å². The molecule has 3 amide bonds. The lowest BCUT2D eigenvalue weighted by atomic mass is 10.1. The minimum Gasteiger partial charge on any atom is -0.336 e. The zero-order valence-corrected chi connectivity index (χ0v) is 14.6. The number of hydrogen-bond acceptors (Lipinski definition) is 3. The molecule has 0 atom stereocenters. The molecule has 0 aliphatic carbocycles.